The monoisotopic (exact) mass is 358 g/mol. The Labute approximate surface area is 159 Å². The molecule has 0 unspecified atom stereocenters. The second-order valence-electron chi connectivity index (χ2n) is 6.51. The van der Waals surface area contributed by atoms with Crippen LogP contribution in [-0.4, -0.2) is 32.2 Å². The summed E-state index contributed by atoms with van der Waals surface area (Å²) in [5.74, 6) is -0.136. The molecular formula is C23H22N2O2. The lowest BCUT2D eigenvalue weighted by atomic mass is 10.0. The van der Waals surface area contributed by atoms with Crippen molar-refractivity contribution in [3.8, 4) is 0 Å². The maximum atomic E-state index is 12.5. The van der Waals surface area contributed by atoms with Gasteiger partial charge in [0.05, 0.1) is 24.6 Å². The van der Waals surface area contributed by atoms with Crippen molar-refractivity contribution >= 4 is 34.1 Å². The molecule has 1 saturated heterocycles. The summed E-state index contributed by atoms with van der Waals surface area (Å²) in [6, 6.07) is 22.2. The van der Waals surface area contributed by atoms with Crippen LogP contribution in [-0.2, 0) is 9.53 Å². The number of nitrogens with zero attached hydrogens (tertiary/aromatic N) is 1. The Balaban J connectivity index is 1.52. The van der Waals surface area contributed by atoms with Crippen molar-refractivity contribution in [2.75, 3.05) is 36.5 Å². The van der Waals surface area contributed by atoms with E-state index in [0.29, 0.717) is 13.2 Å². The van der Waals surface area contributed by atoms with Crippen LogP contribution < -0.4 is 10.2 Å². The minimum absolute atomic E-state index is 0.136. The van der Waals surface area contributed by atoms with Gasteiger partial charge in [-0.05, 0) is 34.5 Å². The van der Waals surface area contributed by atoms with E-state index < -0.39 is 0 Å². The zero-order valence-electron chi connectivity index (χ0n) is 15.1. The number of amides is 1. The highest BCUT2D eigenvalue weighted by Gasteiger charge is 2.15. The Hall–Kier alpha value is -3.11. The smallest absolute Gasteiger partial charge is 0.248 e. The van der Waals surface area contributed by atoms with Crippen LogP contribution in [0.2, 0.25) is 0 Å². The Morgan fingerprint density at radius 3 is 2.56 bits per heavy atom. The lowest BCUT2D eigenvalue weighted by molar-refractivity contribution is -0.111. The standard InChI is InChI=1S/C23H22N2O2/c26-23(13-12-19-8-5-7-18-6-1-2-9-20(18)19)24-21-10-3-4-11-22(21)25-14-16-27-17-15-25/h1-13H,14-17H2,(H,24,26)/b13-12+. The summed E-state index contributed by atoms with van der Waals surface area (Å²) in [6.07, 6.45) is 3.47. The van der Waals surface area contributed by atoms with E-state index in [-0.39, 0.29) is 5.91 Å². The summed E-state index contributed by atoms with van der Waals surface area (Å²) in [5, 5.41) is 5.32. The molecule has 1 aliphatic heterocycles. The molecule has 4 nitrogen and oxygen atoms in total. The first-order valence-corrected chi connectivity index (χ1v) is 9.20. The van der Waals surface area contributed by atoms with Crippen molar-refractivity contribution in [1.29, 1.82) is 0 Å². The first kappa shape index (κ1) is 17.3. The molecule has 0 spiro atoms. The Bertz CT molecular complexity index is 970. The van der Waals surface area contributed by atoms with E-state index in [1.54, 1.807) is 6.08 Å². The van der Waals surface area contributed by atoms with Gasteiger partial charge in [-0.2, -0.15) is 0 Å². The van der Waals surface area contributed by atoms with E-state index in [1.165, 1.54) is 0 Å². The van der Waals surface area contributed by atoms with E-state index in [0.717, 1.165) is 40.8 Å². The molecule has 0 atom stereocenters. The molecule has 27 heavy (non-hydrogen) atoms. The summed E-state index contributed by atoms with van der Waals surface area (Å²) in [7, 11) is 0. The number of fused-ring (bicyclic) bond motifs is 1. The number of nitrogens with one attached hydrogen (secondary N) is 1. The summed E-state index contributed by atoms with van der Waals surface area (Å²) in [5.41, 5.74) is 2.89. The fourth-order valence-corrected chi connectivity index (χ4v) is 3.40. The fourth-order valence-electron chi connectivity index (χ4n) is 3.40. The quantitative estimate of drug-likeness (QED) is 0.706. The first-order valence-electron chi connectivity index (χ1n) is 9.20. The SMILES string of the molecule is O=C(/C=C/c1cccc2ccccc12)Nc1ccccc1N1CCOCC1. The number of anilines is 2. The number of para-hydroxylation sites is 2. The fraction of sp³-hybridized carbons (Fsp3) is 0.174. The lowest BCUT2D eigenvalue weighted by Crippen LogP contribution is -2.36. The van der Waals surface area contributed by atoms with Crippen LogP contribution in [0.5, 0.6) is 0 Å². The van der Waals surface area contributed by atoms with Gasteiger partial charge in [-0.15, -0.1) is 0 Å². The highest BCUT2D eigenvalue weighted by Crippen LogP contribution is 2.26. The predicted octanol–water partition coefficient (Wildman–Crippen LogP) is 4.33. The predicted molar refractivity (Wildman–Crippen MR) is 111 cm³/mol. The number of morpholine rings is 1. The Morgan fingerprint density at radius 2 is 1.67 bits per heavy atom. The molecule has 136 valence electrons. The highest BCUT2D eigenvalue weighted by atomic mass is 16.5. The molecule has 0 bridgehead atoms. The number of carbonyl (C=O) groups excluding carboxylic acids is 1. The van der Waals surface area contributed by atoms with Crippen LogP contribution in [0.15, 0.2) is 72.8 Å². The maximum Gasteiger partial charge on any atom is 0.248 e. The number of hydrogen-bond acceptors (Lipinski definition) is 3. The van der Waals surface area contributed by atoms with E-state index in [4.69, 9.17) is 4.74 Å². The van der Waals surface area contributed by atoms with E-state index in [9.17, 15) is 4.79 Å². The van der Waals surface area contributed by atoms with Gasteiger partial charge in [-0.25, -0.2) is 0 Å². The van der Waals surface area contributed by atoms with Crippen molar-refractivity contribution in [3.63, 3.8) is 0 Å². The van der Waals surface area contributed by atoms with Crippen molar-refractivity contribution in [2.24, 2.45) is 0 Å². The van der Waals surface area contributed by atoms with Gasteiger partial charge in [0, 0.05) is 19.2 Å². The average molecular weight is 358 g/mol. The summed E-state index contributed by atoms with van der Waals surface area (Å²) < 4.78 is 5.42. The summed E-state index contributed by atoms with van der Waals surface area (Å²) >= 11 is 0. The third kappa shape index (κ3) is 4.01. The summed E-state index contributed by atoms with van der Waals surface area (Å²) in [6.45, 7) is 3.09. The number of benzene rings is 3. The molecule has 3 aromatic carbocycles. The van der Waals surface area contributed by atoms with Gasteiger partial charge in [-0.1, -0.05) is 54.6 Å². The van der Waals surface area contributed by atoms with Crippen LogP contribution in [0.1, 0.15) is 5.56 Å². The number of hydrogen-bond donors (Lipinski definition) is 1. The molecule has 0 aliphatic carbocycles. The molecule has 1 aliphatic rings. The lowest BCUT2D eigenvalue weighted by Gasteiger charge is -2.30. The van der Waals surface area contributed by atoms with E-state index >= 15 is 0 Å². The normalized spacial score (nSPS) is 14.6. The van der Waals surface area contributed by atoms with Crippen LogP contribution in [0, 0.1) is 0 Å². The minimum atomic E-state index is -0.136. The van der Waals surface area contributed by atoms with Crippen molar-refractivity contribution < 1.29 is 9.53 Å². The van der Waals surface area contributed by atoms with Gasteiger partial charge in [0.25, 0.3) is 0 Å². The second kappa shape index (κ2) is 8.06. The summed E-state index contributed by atoms with van der Waals surface area (Å²) in [4.78, 5) is 14.8. The van der Waals surface area contributed by atoms with Crippen LogP contribution >= 0.6 is 0 Å². The molecule has 3 aromatic rings. The van der Waals surface area contributed by atoms with E-state index in [2.05, 4.69) is 28.4 Å². The molecule has 1 N–H and O–H groups in total. The van der Waals surface area contributed by atoms with Crippen LogP contribution in [0.25, 0.3) is 16.8 Å². The molecule has 1 amide bonds. The zero-order chi connectivity index (χ0) is 18.5. The van der Waals surface area contributed by atoms with Gasteiger partial charge < -0.3 is 15.0 Å². The molecule has 0 saturated carbocycles. The van der Waals surface area contributed by atoms with E-state index in [1.807, 2.05) is 54.6 Å². The Kier molecular flexibility index (Phi) is 5.17. The molecule has 4 rings (SSSR count). The molecule has 1 fully saturated rings. The third-order valence-corrected chi connectivity index (χ3v) is 4.75. The van der Waals surface area contributed by atoms with Gasteiger partial charge in [-0.3, -0.25) is 4.79 Å². The zero-order valence-corrected chi connectivity index (χ0v) is 15.1. The minimum Gasteiger partial charge on any atom is -0.378 e. The second-order valence-corrected chi connectivity index (χ2v) is 6.51. The molecule has 0 aromatic heterocycles. The number of carbonyl (C=O) groups is 1. The van der Waals surface area contributed by atoms with Crippen LogP contribution in [0.3, 0.4) is 0 Å². The maximum absolute atomic E-state index is 12.5. The van der Waals surface area contributed by atoms with Gasteiger partial charge in [0.15, 0.2) is 0 Å². The number of rotatable bonds is 4. The Morgan fingerprint density at radius 1 is 0.926 bits per heavy atom. The topological polar surface area (TPSA) is 41.6 Å². The molecule has 4 heteroatoms. The van der Waals surface area contributed by atoms with Crippen molar-refractivity contribution in [1.82, 2.24) is 0 Å². The highest BCUT2D eigenvalue weighted by molar-refractivity contribution is 6.05. The molecular weight excluding hydrogens is 336 g/mol. The van der Waals surface area contributed by atoms with Gasteiger partial charge in [0.1, 0.15) is 0 Å². The number of ether oxygens (including phenoxy) is 1. The van der Waals surface area contributed by atoms with Crippen molar-refractivity contribution in [2.45, 2.75) is 0 Å². The van der Waals surface area contributed by atoms with Crippen molar-refractivity contribution in [3.05, 3.63) is 78.4 Å². The average Bonchev–Trinajstić information content (AvgIpc) is 2.73. The van der Waals surface area contributed by atoms with Gasteiger partial charge >= 0.3 is 0 Å². The third-order valence-electron chi connectivity index (χ3n) is 4.75. The largest absolute Gasteiger partial charge is 0.378 e. The molecule has 0 radical (unpaired) electrons. The van der Waals surface area contributed by atoms with Crippen LogP contribution in [0.4, 0.5) is 11.4 Å². The van der Waals surface area contributed by atoms with Gasteiger partial charge in [0.2, 0.25) is 5.91 Å². The molecule has 1 heterocycles. The first-order chi connectivity index (χ1) is 13.3.